The number of benzene rings is 2. The third-order valence-corrected chi connectivity index (χ3v) is 7.63. The van der Waals surface area contributed by atoms with Crippen LogP contribution in [0.15, 0.2) is 47.3 Å². The molecule has 0 fully saturated rings. The highest BCUT2D eigenvalue weighted by atomic mass is 19.3. The number of nitrogens with zero attached hydrogens (tertiary/aromatic N) is 1. The fourth-order valence-corrected chi connectivity index (χ4v) is 5.85. The smallest absolute Gasteiger partial charge is 0.387 e. The van der Waals surface area contributed by atoms with Crippen molar-refractivity contribution in [2.45, 2.75) is 59.1 Å². The van der Waals surface area contributed by atoms with Crippen molar-refractivity contribution in [2.75, 3.05) is 19.0 Å². The van der Waals surface area contributed by atoms with Crippen molar-refractivity contribution in [3.05, 3.63) is 80.6 Å². The molecule has 1 aliphatic heterocycles. The Balaban J connectivity index is 1.88. The van der Waals surface area contributed by atoms with Gasteiger partial charge in [-0.05, 0) is 65.0 Å². The lowest BCUT2D eigenvalue weighted by molar-refractivity contribution is -0.0494. The summed E-state index contributed by atoms with van der Waals surface area (Å²) in [5.41, 5.74) is 4.90. The molecule has 2 aromatic carbocycles. The summed E-state index contributed by atoms with van der Waals surface area (Å²) in [6.07, 6.45) is 2.23. The van der Waals surface area contributed by atoms with Gasteiger partial charge in [-0.1, -0.05) is 51.1 Å². The van der Waals surface area contributed by atoms with Crippen LogP contribution in [0.3, 0.4) is 0 Å². The van der Waals surface area contributed by atoms with E-state index in [2.05, 4.69) is 26.1 Å². The normalized spacial score (nSPS) is 16.2. The number of ether oxygens (including phenoxy) is 2. The number of pyridine rings is 1. The maximum atomic E-state index is 13.9. The summed E-state index contributed by atoms with van der Waals surface area (Å²) in [7, 11) is 1.26. The summed E-state index contributed by atoms with van der Waals surface area (Å²) in [4.78, 5) is 26.6. The molecule has 0 spiro atoms. The highest BCUT2D eigenvalue weighted by molar-refractivity contribution is 5.91. The van der Waals surface area contributed by atoms with Crippen molar-refractivity contribution in [3.63, 3.8) is 0 Å². The molecule has 200 valence electrons. The van der Waals surface area contributed by atoms with Crippen LogP contribution in [-0.4, -0.2) is 30.8 Å². The first kappa shape index (κ1) is 25.9. The number of halogens is 2. The predicted octanol–water partition coefficient (Wildman–Crippen LogP) is 6.00. The van der Waals surface area contributed by atoms with Gasteiger partial charge in [0.25, 0.3) is 5.56 Å². The molecule has 1 N–H and O–H groups in total. The van der Waals surface area contributed by atoms with Gasteiger partial charge in [0.1, 0.15) is 11.3 Å². The first-order valence-electron chi connectivity index (χ1n) is 12.9. The lowest BCUT2D eigenvalue weighted by atomic mass is 9.67. The zero-order valence-electron chi connectivity index (χ0n) is 22.1. The van der Waals surface area contributed by atoms with Crippen LogP contribution in [0.1, 0.15) is 65.7 Å². The van der Waals surface area contributed by atoms with E-state index in [1.165, 1.54) is 7.11 Å². The van der Waals surface area contributed by atoms with Crippen LogP contribution in [0.2, 0.25) is 0 Å². The maximum Gasteiger partial charge on any atom is 0.387 e. The molecule has 1 aromatic heterocycles. The lowest BCUT2D eigenvalue weighted by Gasteiger charge is -2.40. The van der Waals surface area contributed by atoms with E-state index in [4.69, 9.17) is 9.47 Å². The van der Waals surface area contributed by atoms with Crippen LogP contribution in [0.5, 0.6) is 5.75 Å². The van der Waals surface area contributed by atoms with Crippen molar-refractivity contribution in [1.29, 1.82) is 0 Å². The van der Waals surface area contributed by atoms with Crippen LogP contribution < -0.4 is 15.6 Å². The van der Waals surface area contributed by atoms with Gasteiger partial charge >= 0.3 is 12.6 Å². The summed E-state index contributed by atoms with van der Waals surface area (Å²) in [6.45, 7) is 4.30. The molecular weight excluding hydrogens is 490 g/mol. The van der Waals surface area contributed by atoms with Crippen LogP contribution in [0.4, 0.5) is 14.5 Å². The number of methoxy groups -OCH3 is 1. The third kappa shape index (κ3) is 4.57. The second-order valence-corrected chi connectivity index (χ2v) is 11.0. The molecule has 2 heterocycles. The Kier molecular flexibility index (Phi) is 6.75. The first-order valence-corrected chi connectivity index (χ1v) is 12.9. The number of nitrogens with one attached hydrogen (secondary N) is 1. The minimum atomic E-state index is -2.99. The van der Waals surface area contributed by atoms with Crippen molar-refractivity contribution < 1.29 is 23.0 Å². The zero-order chi connectivity index (χ0) is 27.2. The average molecular weight is 523 g/mol. The van der Waals surface area contributed by atoms with Crippen molar-refractivity contribution in [1.82, 2.24) is 4.57 Å². The molecule has 0 bridgehead atoms. The van der Waals surface area contributed by atoms with Gasteiger partial charge in [-0.3, -0.25) is 4.79 Å². The molecule has 1 unspecified atom stereocenters. The number of fused-ring (bicyclic) bond motifs is 5. The number of carbonyl (C=O) groups is 1. The molecule has 0 amide bonds. The van der Waals surface area contributed by atoms with E-state index >= 15 is 0 Å². The summed E-state index contributed by atoms with van der Waals surface area (Å²) in [6, 6.07) is 12.8. The number of esters is 1. The zero-order valence-corrected chi connectivity index (χ0v) is 22.1. The van der Waals surface area contributed by atoms with E-state index in [1.54, 1.807) is 16.7 Å². The highest BCUT2D eigenvalue weighted by Crippen LogP contribution is 2.51. The van der Waals surface area contributed by atoms with Crippen molar-refractivity contribution >= 4 is 11.7 Å². The monoisotopic (exact) mass is 522 g/mol. The van der Waals surface area contributed by atoms with Gasteiger partial charge in [-0.25, -0.2) is 4.79 Å². The molecule has 0 saturated heterocycles. The number of rotatable bonds is 5. The number of hydrogen-bond acceptors (Lipinski definition) is 5. The molecule has 0 saturated carbocycles. The molecule has 8 heteroatoms. The number of alkyl halides is 2. The Labute approximate surface area is 220 Å². The van der Waals surface area contributed by atoms with E-state index in [9.17, 15) is 18.4 Å². The number of hydrogen-bond donors (Lipinski definition) is 1. The summed E-state index contributed by atoms with van der Waals surface area (Å²) < 4.78 is 38.6. The lowest BCUT2D eigenvalue weighted by Crippen LogP contribution is -2.35. The molecule has 6 nitrogen and oxygen atoms in total. The van der Waals surface area contributed by atoms with E-state index in [0.717, 1.165) is 35.1 Å². The van der Waals surface area contributed by atoms with Gasteiger partial charge < -0.3 is 19.4 Å². The Hall–Kier alpha value is -3.68. The van der Waals surface area contributed by atoms with E-state index in [-0.39, 0.29) is 29.2 Å². The topological polar surface area (TPSA) is 69.6 Å². The minimum Gasteiger partial charge on any atom is -0.465 e. The molecule has 38 heavy (non-hydrogen) atoms. The molecule has 1 atom stereocenters. The summed E-state index contributed by atoms with van der Waals surface area (Å²) in [5, 5.41) is 3.27. The maximum absolute atomic E-state index is 13.9. The average Bonchev–Trinajstić information content (AvgIpc) is 2.89. The van der Waals surface area contributed by atoms with E-state index in [1.807, 2.05) is 30.3 Å². The van der Waals surface area contributed by atoms with Crippen LogP contribution in [0.25, 0.3) is 11.3 Å². The van der Waals surface area contributed by atoms with Gasteiger partial charge in [0.2, 0.25) is 0 Å². The van der Waals surface area contributed by atoms with E-state index in [0.29, 0.717) is 29.9 Å². The van der Waals surface area contributed by atoms with Gasteiger partial charge in [0, 0.05) is 12.1 Å². The SMILES string of the molecule is COC(=O)c1cc2c(n(Cc3ccccc3)c1=O)-c1cc(OC(F)F)c3c(c1CC2C(C)(C)C)CCCN3. The molecular formula is C30H32F2N2O4. The molecule has 1 aliphatic carbocycles. The Morgan fingerprint density at radius 1 is 1.16 bits per heavy atom. The molecule has 2 aliphatic rings. The van der Waals surface area contributed by atoms with E-state index < -0.39 is 18.1 Å². The second-order valence-electron chi connectivity index (χ2n) is 11.0. The van der Waals surface area contributed by atoms with Gasteiger partial charge in [-0.15, -0.1) is 0 Å². The Morgan fingerprint density at radius 3 is 2.55 bits per heavy atom. The fraction of sp³-hybridized carbons (Fsp3) is 0.400. The Morgan fingerprint density at radius 2 is 1.89 bits per heavy atom. The highest BCUT2D eigenvalue weighted by Gasteiger charge is 2.39. The standard InChI is InChI=1S/C30H32F2N2O4/c1-30(2,3)23-14-19-18-11-8-12-33-25(18)24(38-29(31)32)15-20(19)26-21(23)13-22(28(36)37-4)27(35)34(26)16-17-9-6-5-7-10-17/h5-7,9-10,13,15,23,29,33H,8,11-12,14,16H2,1-4H3. The fourth-order valence-electron chi connectivity index (χ4n) is 5.85. The molecule has 5 rings (SSSR count). The first-order chi connectivity index (χ1) is 18.1. The van der Waals surface area contributed by atoms with Crippen LogP contribution in [0, 0.1) is 5.41 Å². The van der Waals surface area contributed by atoms with Gasteiger partial charge in [-0.2, -0.15) is 8.78 Å². The summed E-state index contributed by atoms with van der Waals surface area (Å²) in [5.74, 6) is -0.664. The van der Waals surface area contributed by atoms with Gasteiger partial charge in [0.15, 0.2) is 0 Å². The van der Waals surface area contributed by atoms with Crippen molar-refractivity contribution in [2.24, 2.45) is 5.41 Å². The number of anilines is 1. The number of aromatic nitrogens is 1. The van der Waals surface area contributed by atoms with Crippen molar-refractivity contribution in [3.8, 4) is 17.0 Å². The third-order valence-electron chi connectivity index (χ3n) is 7.63. The Bertz CT molecular complexity index is 1440. The number of carbonyl (C=O) groups excluding carboxylic acids is 1. The molecule has 3 aromatic rings. The second kappa shape index (κ2) is 9.89. The van der Waals surface area contributed by atoms with Gasteiger partial charge in [0.05, 0.1) is 25.0 Å². The molecule has 0 radical (unpaired) electrons. The predicted molar refractivity (Wildman–Crippen MR) is 142 cm³/mol. The largest absolute Gasteiger partial charge is 0.465 e. The minimum absolute atomic E-state index is 0.0380. The summed E-state index contributed by atoms with van der Waals surface area (Å²) >= 11 is 0. The van der Waals surface area contributed by atoms with Crippen LogP contribution >= 0.6 is 0 Å². The quantitative estimate of drug-likeness (QED) is 0.417. The van der Waals surface area contributed by atoms with Crippen LogP contribution in [-0.2, 0) is 24.1 Å².